The summed E-state index contributed by atoms with van der Waals surface area (Å²) >= 11 is 0. The number of hydrogen-bond donors (Lipinski definition) is 0. The molecule has 134 valence electrons. The minimum Gasteiger partial charge on any atom is -0.539 e. The van der Waals surface area contributed by atoms with Gasteiger partial charge in [-0.3, -0.25) is 4.98 Å². The zero-order valence-electron chi connectivity index (χ0n) is 15.9. The number of rotatable bonds is 8. The molecule has 0 saturated carbocycles. The number of pyridine rings is 1. The molecule has 0 aliphatic carbocycles. The first-order chi connectivity index (χ1) is 11.2. The molecular weight excluding hydrogens is 318 g/mol. The Hall–Kier alpha value is -1.62. The molecule has 0 saturated heterocycles. The third kappa shape index (κ3) is 6.47. The second kappa shape index (κ2) is 9.02. The van der Waals surface area contributed by atoms with Crippen LogP contribution in [0.3, 0.4) is 0 Å². The Morgan fingerprint density at radius 3 is 2.29 bits per heavy atom. The quantitative estimate of drug-likeness (QED) is 0.291. The molecule has 0 fully saturated rings. The van der Waals surface area contributed by atoms with E-state index in [4.69, 9.17) is 9.16 Å². The molecule has 0 bridgehead atoms. The molecule has 0 spiro atoms. The number of hydrogen-bond acceptors (Lipinski definition) is 4. The summed E-state index contributed by atoms with van der Waals surface area (Å²) in [6.45, 7) is 12.0. The van der Waals surface area contributed by atoms with Crippen LogP contribution in [0.25, 0.3) is 0 Å². The number of carbonyl (C=O) groups is 1. The van der Waals surface area contributed by atoms with Gasteiger partial charge in [0.2, 0.25) is 0 Å². The summed E-state index contributed by atoms with van der Waals surface area (Å²) in [5.41, 5.74) is 0.502. The van der Waals surface area contributed by atoms with E-state index < -0.39 is 13.9 Å². The predicted molar refractivity (Wildman–Crippen MR) is 100 cm³/mol. The third-order valence-corrected chi connectivity index (χ3v) is 8.62. The van der Waals surface area contributed by atoms with Gasteiger partial charge < -0.3 is 9.16 Å². The van der Waals surface area contributed by atoms with Gasteiger partial charge >= 0.3 is 5.97 Å². The molecule has 0 aliphatic rings. The van der Waals surface area contributed by atoms with Crippen molar-refractivity contribution in [2.75, 3.05) is 0 Å². The molecule has 0 unspecified atom stereocenters. The molecule has 24 heavy (non-hydrogen) atoms. The largest absolute Gasteiger partial charge is 0.539 e. The number of ether oxygens (including phenoxy) is 1. The lowest BCUT2D eigenvalue weighted by Gasteiger charge is -2.31. The topological polar surface area (TPSA) is 48.4 Å². The van der Waals surface area contributed by atoms with E-state index in [2.05, 4.69) is 25.8 Å². The van der Waals surface area contributed by atoms with Crippen molar-refractivity contribution in [1.82, 2.24) is 4.98 Å². The monoisotopic (exact) mass is 349 g/mol. The number of nitrogens with zero attached hydrogens (tertiary/aromatic N) is 1. The SMILES string of the molecule is CC[Si](CC)(CC)O/C(=C\Cc1cccnc1)C(=O)OC(C)(C)C. The van der Waals surface area contributed by atoms with Gasteiger partial charge in [0.25, 0.3) is 8.32 Å². The first-order valence-corrected chi connectivity index (χ1v) is 11.3. The van der Waals surface area contributed by atoms with Gasteiger partial charge in [-0.1, -0.05) is 26.8 Å². The summed E-state index contributed by atoms with van der Waals surface area (Å²) in [6, 6.07) is 6.81. The molecule has 1 aromatic rings. The minimum atomic E-state index is -1.94. The zero-order chi connectivity index (χ0) is 18.2. The Morgan fingerprint density at radius 1 is 1.21 bits per heavy atom. The van der Waals surface area contributed by atoms with Crippen LogP contribution in [-0.4, -0.2) is 24.9 Å². The van der Waals surface area contributed by atoms with Crippen LogP contribution in [0.15, 0.2) is 36.4 Å². The van der Waals surface area contributed by atoms with E-state index in [1.54, 1.807) is 12.4 Å². The molecule has 4 nitrogen and oxygen atoms in total. The second-order valence-corrected chi connectivity index (χ2v) is 11.7. The Balaban J connectivity index is 3.04. The molecule has 0 aliphatic heterocycles. The Bertz CT molecular complexity index is 537. The Labute approximate surface area is 147 Å². The highest BCUT2D eigenvalue weighted by molar-refractivity contribution is 6.74. The lowest BCUT2D eigenvalue weighted by molar-refractivity contribution is -0.152. The standard InChI is InChI=1S/C19H31NO3Si/c1-7-24(8-2,9-3)23-17(18(21)22-19(4,5)6)13-12-16-11-10-14-20-15-16/h10-11,13-15H,7-9,12H2,1-6H3/b17-13-. The van der Waals surface area contributed by atoms with Crippen molar-refractivity contribution >= 4 is 14.3 Å². The summed E-state index contributed by atoms with van der Waals surface area (Å²) in [4.78, 5) is 16.7. The smallest absolute Gasteiger partial charge is 0.372 e. The van der Waals surface area contributed by atoms with Crippen LogP contribution in [0.1, 0.15) is 47.1 Å². The van der Waals surface area contributed by atoms with Gasteiger partial charge in [-0.25, -0.2) is 4.79 Å². The van der Waals surface area contributed by atoms with Crippen molar-refractivity contribution in [2.24, 2.45) is 0 Å². The normalized spacial score (nSPS) is 12.8. The second-order valence-electron chi connectivity index (χ2n) is 6.98. The molecule has 1 heterocycles. The molecule has 0 radical (unpaired) electrons. The average Bonchev–Trinajstić information content (AvgIpc) is 2.55. The molecule has 0 N–H and O–H groups in total. The van der Waals surface area contributed by atoms with Crippen LogP contribution in [-0.2, 0) is 20.4 Å². The summed E-state index contributed by atoms with van der Waals surface area (Å²) < 4.78 is 11.9. The maximum atomic E-state index is 12.6. The van der Waals surface area contributed by atoms with Crippen molar-refractivity contribution in [3.8, 4) is 0 Å². The van der Waals surface area contributed by atoms with Crippen LogP contribution in [0.4, 0.5) is 0 Å². The molecule has 0 aromatic carbocycles. The maximum Gasteiger partial charge on any atom is 0.372 e. The fourth-order valence-corrected chi connectivity index (χ4v) is 4.99. The number of allylic oxidation sites excluding steroid dienone is 1. The summed E-state index contributed by atoms with van der Waals surface area (Å²) in [7, 11) is -1.94. The van der Waals surface area contributed by atoms with E-state index in [-0.39, 0.29) is 5.97 Å². The van der Waals surface area contributed by atoms with Crippen molar-refractivity contribution in [3.63, 3.8) is 0 Å². The molecule has 0 atom stereocenters. The van der Waals surface area contributed by atoms with Gasteiger partial charge in [0.15, 0.2) is 5.76 Å². The van der Waals surface area contributed by atoms with E-state index in [0.717, 1.165) is 23.7 Å². The number of esters is 1. The van der Waals surface area contributed by atoms with Gasteiger partial charge in [-0.2, -0.15) is 0 Å². The van der Waals surface area contributed by atoms with Gasteiger partial charge in [-0.15, -0.1) is 0 Å². The van der Waals surface area contributed by atoms with E-state index in [0.29, 0.717) is 12.2 Å². The number of aromatic nitrogens is 1. The van der Waals surface area contributed by atoms with E-state index in [1.807, 2.05) is 39.0 Å². The lowest BCUT2D eigenvalue weighted by Crippen LogP contribution is -2.38. The van der Waals surface area contributed by atoms with Crippen LogP contribution in [0.5, 0.6) is 0 Å². The summed E-state index contributed by atoms with van der Waals surface area (Å²) in [5.74, 6) is -0.0235. The van der Waals surface area contributed by atoms with Crippen molar-refractivity contribution < 1.29 is 14.0 Å². The number of carbonyl (C=O) groups excluding carboxylic acids is 1. The molecule has 1 aromatic heterocycles. The highest BCUT2D eigenvalue weighted by Crippen LogP contribution is 2.26. The van der Waals surface area contributed by atoms with Gasteiger partial charge in [-0.05, 0) is 63.0 Å². The predicted octanol–water partition coefficient (Wildman–Crippen LogP) is 4.87. The minimum absolute atomic E-state index is 0.353. The molecule has 1 rings (SSSR count). The van der Waals surface area contributed by atoms with Crippen LogP contribution < -0.4 is 0 Å². The van der Waals surface area contributed by atoms with E-state index in [9.17, 15) is 4.79 Å². The molecule has 5 heteroatoms. The fraction of sp³-hybridized carbons (Fsp3) is 0.579. The molecule has 0 amide bonds. The van der Waals surface area contributed by atoms with Crippen LogP contribution >= 0.6 is 0 Å². The van der Waals surface area contributed by atoms with Crippen molar-refractivity contribution in [3.05, 3.63) is 41.9 Å². The van der Waals surface area contributed by atoms with Crippen molar-refractivity contribution in [1.29, 1.82) is 0 Å². The van der Waals surface area contributed by atoms with Gasteiger partial charge in [0.1, 0.15) is 5.60 Å². The lowest BCUT2D eigenvalue weighted by atomic mass is 10.2. The highest BCUT2D eigenvalue weighted by Gasteiger charge is 2.34. The van der Waals surface area contributed by atoms with E-state index in [1.165, 1.54) is 0 Å². The molecular formula is C19H31NO3Si. The van der Waals surface area contributed by atoms with Crippen LogP contribution in [0, 0.1) is 0 Å². The highest BCUT2D eigenvalue weighted by atomic mass is 28.4. The first-order valence-electron chi connectivity index (χ1n) is 8.76. The Morgan fingerprint density at radius 2 is 1.83 bits per heavy atom. The summed E-state index contributed by atoms with van der Waals surface area (Å²) in [5, 5.41) is 0. The average molecular weight is 350 g/mol. The fourth-order valence-electron chi connectivity index (χ4n) is 2.42. The van der Waals surface area contributed by atoms with Crippen molar-refractivity contribution in [2.45, 2.75) is 71.7 Å². The first kappa shape index (κ1) is 20.4. The Kier molecular flexibility index (Phi) is 7.67. The zero-order valence-corrected chi connectivity index (χ0v) is 16.9. The van der Waals surface area contributed by atoms with E-state index >= 15 is 0 Å². The third-order valence-electron chi connectivity index (χ3n) is 4.11. The summed E-state index contributed by atoms with van der Waals surface area (Å²) in [6.07, 6.45) is 5.98. The van der Waals surface area contributed by atoms with Crippen LogP contribution in [0.2, 0.25) is 18.1 Å². The van der Waals surface area contributed by atoms with Gasteiger partial charge in [0.05, 0.1) is 0 Å². The van der Waals surface area contributed by atoms with Gasteiger partial charge in [0, 0.05) is 12.4 Å². The maximum absolute atomic E-state index is 12.6.